The van der Waals surface area contributed by atoms with Gasteiger partial charge in [0.15, 0.2) is 5.69 Å². The van der Waals surface area contributed by atoms with Crippen LogP contribution >= 0.6 is 0 Å². The van der Waals surface area contributed by atoms with Gasteiger partial charge in [0.05, 0.1) is 38.1 Å². The van der Waals surface area contributed by atoms with E-state index in [1.165, 1.54) is 12.1 Å². The van der Waals surface area contributed by atoms with E-state index >= 15 is 0 Å². The quantitative estimate of drug-likeness (QED) is 0.443. The molecule has 0 saturated carbocycles. The van der Waals surface area contributed by atoms with Gasteiger partial charge in [0, 0.05) is 36.6 Å². The molecule has 0 aliphatic carbocycles. The molecule has 1 amide bonds. The number of nitrogens with two attached hydrogens (primary N) is 1. The lowest BCUT2D eigenvalue weighted by Gasteiger charge is -2.44. The molecule has 39 heavy (non-hydrogen) atoms. The van der Waals surface area contributed by atoms with Crippen LogP contribution in [0.2, 0.25) is 0 Å². The van der Waals surface area contributed by atoms with Crippen molar-refractivity contribution in [1.82, 2.24) is 4.98 Å². The number of nitrogens with zero attached hydrogens (tertiary/aromatic N) is 1. The lowest BCUT2D eigenvalue weighted by atomic mass is 9.82. The van der Waals surface area contributed by atoms with Gasteiger partial charge in [-0.15, -0.1) is 0 Å². The number of benzene rings is 2. The smallest absolute Gasteiger partial charge is 0.433 e. The molecule has 10 heteroatoms. The van der Waals surface area contributed by atoms with Gasteiger partial charge in [0.1, 0.15) is 11.4 Å². The van der Waals surface area contributed by atoms with E-state index in [0.717, 1.165) is 22.9 Å². The fraction of sp³-hybridized carbons (Fsp3) is 0.379. The molecule has 0 bridgehead atoms. The number of halogens is 3. The largest absolute Gasteiger partial charge is 0.487 e. The Labute approximate surface area is 223 Å². The Morgan fingerprint density at radius 3 is 2.59 bits per heavy atom. The van der Waals surface area contributed by atoms with Gasteiger partial charge in [-0.25, -0.2) is 0 Å². The van der Waals surface area contributed by atoms with Gasteiger partial charge < -0.3 is 25.1 Å². The second-order valence-electron chi connectivity index (χ2n) is 9.91. The van der Waals surface area contributed by atoms with Crippen LogP contribution in [0.3, 0.4) is 0 Å². The molecule has 2 aromatic carbocycles. The van der Waals surface area contributed by atoms with E-state index in [0.29, 0.717) is 43.8 Å². The second-order valence-corrected chi connectivity index (χ2v) is 9.91. The molecule has 1 spiro atoms. The summed E-state index contributed by atoms with van der Waals surface area (Å²) < 4.78 is 59.8. The number of hydrogen-bond acceptors (Lipinski definition) is 6. The van der Waals surface area contributed by atoms with Gasteiger partial charge in [0.25, 0.3) is 0 Å². The number of fused-ring (bicyclic) bond motifs is 1. The van der Waals surface area contributed by atoms with Crippen molar-refractivity contribution in [3.05, 3.63) is 71.0 Å². The van der Waals surface area contributed by atoms with Crippen LogP contribution < -0.4 is 10.5 Å². The monoisotopic (exact) mass is 542 g/mol. The molecule has 206 valence electrons. The molecule has 2 aliphatic rings. The third-order valence-corrected chi connectivity index (χ3v) is 7.38. The van der Waals surface area contributed by atoms with Crippen LogP contribution in [0.25, 0.3) is 22.3 Å². The number of alkyl halides is 3. The minimum absolute atomic E-state index is 0.103. The molecule has 3 heterocycles. The van der Waals surface area contributed by atoms with E-state index in [1.54, 1.807) is 12.1 Å². The number of carbonyl (C=O) groups excluding carboxylic acids is 1. The Kier molecular flexibility index (Phi) is 7.37. The lowest BCUT2D eigenvalue weighted by Crippen LogP contribution is -2.46. The maximum absolute atomic E-state index is 13.9. The fourth-order valence-electron chi connectivity index (χ4n) is 5.44. The van der Waals surface area contributed by atoms with Crippen LogP contribution in [0.15, 0.2) is 48.7 Å². The summed E-state index contributed by atoms with van der Waals surface area (Å²) in [6.07, 6.45) is -2.10. The first-order valence-electron chi connectivity index (χ1n) is 12.7. The molecule has 0 radical (unpaired) electrons. The van der Waals surface area contributed by atoms with Gasteiger partial charge in [-0.05, 0) is 47.4 Å². The standard InChI is InChI=1S/C29H29F3N2O5/c1-17-2-3-19(25-21(27(33)36)6-9-34-26(25)29(30,31)32)14-22(17)18-4-5-20-23(15-18)39-28(7-11-37-12-8-28)16-24(20)38-13-10-35/h2-6,9,14-15,24,35H,7-8,10-13,16H2,1H3,(H2,33,36). The van der Waals surface area contributed by atoms with E-state index in [9.17, 15) is 23.1 Å². The summed E-state index contributed by atoms with van der Waals surface area (Å²) >= 11 is 0. The van der Waals surface area contributed by atoms with Crippen LogP contribution in [-0.2, 0) is 15.7 Å². The molecule has 3 aromatic rings. The predicted octanol–water partition coefficient (Wildman–Crippen LogP) is 5.22. The van der Waals surface area contributed by atoms with Gasteiger partial charge in [-0.1, -0.05) is 24.3 Å². The Morgan fingerprint density at radius 2 is 1.90 bits per heavy atom. The molecule has 5 rings (SSSR count). The average Bonchev–Trinajstić information content (AvgIpc) is 2.91. The molecule has 1 aromatic heterocycles. The van der Waals surface area contributed by atoms with E-state index in [4.69, 9.17) is 19.9 Å². The topological polar surface area (TPSA) is 104 Å². The first-order valence-corrected chi connectivity index (χ1v) is 12.7. The Hall–Kier alpha value is -3.47. The van der Waals surface area contributed by atoms with Gasteiger partial charge in [-0.2, -0.15) is 13.2 Å². The molecule has 3 N–H and O–H groups in total. The van der Waals surface area contributed by atoms with Crippen LogP contribution in [0.4, 0.5) is 13.2 Å². The Bertz CT molecular complexity index is 1390. The molecule has 1 fully saturated rings. The number of carbonyl (C=O) groups is 1. The average molecular weight is 543 g/mol. The molecular weight excluding hydrogens is 513 g/mol. The molecular formula is C29H29F3N2O5. The first-order chi connectivity index (χ1) is 18.6. The summed E-state index contributed by atoms with van der Waals surface area (Å²) in [6, 6.07) is 11.7. The van der Waals surface area contributed by atoms with E-state index in [-0.39, 0.29) is 36.0 Å². The van der Waals surface area contributed by atoms with E-state index < -0.39 is 23.4 Å². The minimum atomic E-state index is -4.78. The fourth-order valence-corrected chi connectivity index (χ4v) is 5.44. The number of aliphatic hydroxyl groups is 1. The van der Waals surface area contributed by atoms with Crippen molar-refractivity contribution < 1.29 is 37.3 Å². The highest BCUT2D eigenvalue weighted by molar-refractivity contribution is 6.00. The molecule has 1 unspecified atom stereocenters. The molecule has 7 nitrogen and oxygen atoms in total. The summed E-state index contributed by atoms with van der Waals surface area (Å²) in [5, 5.41) is 9.33. The zero-order valence-electron chi connectivity index (χ0n) is 21.4. The number of aromatic nitrogens is 1. The van der Waals surface area contributed by atoms with Gasteiger partial charge >= 0.3 is 6.18 Å². The summed E-state index contributed by atoms with van der Waals surface area (Å²) in [6.45, 7) is 3.08. The lowest BCUT2D eigenvalue weighted by molar-refractivity contribution is -0.140. The minimum Gasteiger partial charge on any atom is -0.487 e. The predicted molar refractivity (Wildman–Crippen MR) is 137 cm³/mol. The van der Waals surface area contributed by atoms with Crippen molar-refractivity contribution >= 4 is 5.91 Å². The number of ether oxygens (including phenoxy) is 3. The van der Waals surface area contributed by atoms with Crippen molar-refractivity contribution in [2.45, 2.75) is 44.1 Å². The van der Waals surface area contributed by atoms with Crippen molar-refractivity contribution in [2.24, 2.45) is 5.73 Å². The van der Waals surface area contributed by atoms with Crippen molar-refractivity contribution in [2.75, 3.05) is 26.4 Å². The highest BCUT2D eigenvalue weighted by Gasteiger charge is 2.43. The summed E-state index contributed by atoms with van der Waals surface area (Å²) in [5.74, 6) is -0.346. The second kappa shape index (κ2) is 10.6. The zero-order valence-corrected chi connectivity index (χ0v) is 21.4. The maximum Gasteiger partial charge on any atom is 0.433 e. The van der Waals surface area contributed by atoms with Gasteiger partial charge in [0.2, 0.25) is 5.91 Å². The third-order valence-electron chi connectivity index (χ3n) is 7.38. The third kappa shape index (κ3) is 5.36. The zero-order chi connectivity index (χ0) is 27.8. The van der Waals surface area contributed by atoms with E-state index in [1.807, 2.05) is 25.1 Å². The van der Waals surface area contributed by atoms with Crippen molar-refractivity contribution in [1.29, 1.82) is 0 Å². The SMILES string of the molecule is Cc1ccc(-c2c(C(N)=O)ccnc2C(F)(F)F)cc1-c1ccc2c(c1)OC1(CCOCC1)CC2OCCO. The first kappa shape index (κ1) is 27.1. The molecule has 1 saturated heterocycles. The number of rotatable bonds is 6. The number of hydrogen-bond donors (Lipinski definition) is 2. The summed E-state index contributed by atoms with van der Waals surface area (Å²) in [7, 11) is 0. The van der Waals surface area contributed by atoms with Crippen molar-refractivity contribution in [3.63, 3.8) is 0 Å². The summed E-state index contributed by atoms with van der Waals surface area (Å²) in [4.78, 5) is 15.6. The van der Waals surface area contributed by atoms with Crippen LogP contribution in [0.1, 0.15) is 52.5 Å². The number of aryl methyl sites for hydroxylation is 1. The number of pyridine rings is 1. The number of aliphatic hydroxyl groups excluding tert-OH is 1. The maximum atomic E-state index is 13.9. The van der Waals surface area contributed by atoms with Crippen LogP contribution in [0.5, 0.6) is 5.75 Å². The Balaban J connectivity index is 1.61. The molecule has 1 atom stereocenters. The van der Waals surface area contributed by atoms with Crippen molar-refractivity contribution in [3.8, 4) is 28.0 Å². The van der Waals surface area contributed by atoms with E-state index in [2.05, 4.69) is 4.98 Å². The Morgan fingerprint density at radius 1 is 1.15 bits per heavy atom. The normalized spacial score (nSPS) is 18.4. The highest BCUT2D eigenvalue weighted by Crippen LogP contribution is 2.47. The number of amides is 1. The highest BCUT2D eigenvalue weighted by atomic mass is 19.4. The molecule has 2 aliphatic heterocycles. The van der Waals surface area contributed by atoms with Crippen LogP contribution in [0, 0.1) is 6.92 Å². The number of primary amides is 1. The van der Waals surface area contributed by atoms with Gasteiger partial charge in [-0.3, -0.25) is 9.78 Å². The van der Waals surface area contributed by atoms with Crippen LogP contribution in [-0.4, -0.2) is 48.0 Å². The summed E-state index contributed by atoms with van der Waals surface area (Å²) in [5.41, 5.74) is 6.45.